The first-order valence-electron chi connectivity index (χ1n) is 8.49. The first-order valence-corrected chi connectivity index (χ1v) is 8.49. The predicted molar refractivity (Wildman–Crippen MR) is 94.1 cm³/mol. The van der Waals surface area contributed by atoms with Crippen LogP contribution in [-0.2, 0) is 11.3 Å². The van der Waals surface area contributed by atoms with E-state index < -0.39 is 0 Å². The maximum absolute atomic E-state index is 12.9. The standard InChI is InChI=1S/C19H22FN3O2/c20-16-7-5-15(6-8-16)13-21-19(25)14-22-9-11-23(12-10-22)17-3-1-2-4-18(17)24/h1-8,24H,9-14H2,(H,21,25)/p+1. The van der Waals surface area contributed by atoms with Crippen molar-refractivity contribution in [2.75, 3.05) is 37.6 Å². The molecule has 0 aromatic heterocycles. The fourth-order valence-electron chi connectivity index (χ4n) is 3.06. The number of rotatable bonds is 5. The number of carbonyl (C=O) groups is 1. The van der Waals surface area contributed by atoms with Crippen LogP contribution in [0.5, 0.6) is 5.75 Å². The smallest absolute Gasteiger partial charge is 0.275 e. The van der Waals surface area contributed by atoms with Gasteiger partial charge >= 0.3 is 0 Å². The van der Waals surface area contributed by atoms with Crippen molar-refractivity contribution in [1.82, 2.24) is 5.32 Å². The molecule has 1 aliphatic heterocycles. The molecule has 25 heavy (non-hydrogen) atoms. The van der Waals surface area contributed by atoms with Gasteiger partial charge in [-0.15, -0.1) is 0 Å². The summed E-state index contributed by atoms with van der Waals surface area (Å²) in [4.78, 5) is 15.5. The quantitative estimate of drug-likeness (QED) is 0.743. The molecular formula is C19H23FN3O2+. The fourth-order valence-corrected chi connectivity index (χ4v) is 3.06. The minimum atomic E-state index is -0.276. The normalized spacial score (nSPS) is 15.2. The Bertz CT molecular complexity index is 713. The molecule has 2 aromatic rings. The number of para-hydroxylation sites is 2. The average molecular weight is 344 g/mol. The molecule has 1 saturated heterocycles. The number of piperazine rings is 1. The van der Waals surface area contributed by atoms with Crippen LogP contribution in [0.15, 0.2) is 48.5 Å². The number of amides is 1. The molecule has 3 rings (SSSR count). The second-order valence-corrected chi connectivity index (χ2v) is 6.31. The van der Waals surface area contributed by atoms with Crippen molar-refractivity contribution in [3.63, 3.8) is 0 Å². The van der Waals surface area contributed by atoms with Gasteiger partial charge in [-0.05, 0) is 29.8 Å². The zero-order chi connectivity index (χ0) is 17.6. The van der Waals surface area contributed by atoms with E-state index in [0.717, 1.165) is 37.4 Å². The lowest BCUT2D eigenvalue weighted by atomic mass is 10.2. The van der Waals surface area contributed by atoms with Crippen LogP contribution in [0.25, 0.3) is 0 Å². The summed E-state index contributed by atoms with van der Waals surface area (Å²) in [6.45, 7) is 4.14. The molecule has 132 valence electrons. The number of nitrogens with one attached hydrogen (secondary N) is 2. The molecule has 0 spiro atoms. The Morgan fingerprint density at radius 1 is 1.12 bits per heavy atom. The number of halogens is 1. The zero-order valence-electron chi connectivity index (χ0n) is 14.0. The molecule has 0 radical (unpaired) electrons. The third-order valence-electron chi connectivity index (χ3n) is 4.51. The van der Waals surface area contributed by atoms with E-state index >= 15 is 0 Å². The lowest BCUT2D eigenvalue weighted by Gasteiger charge is -2.33. The largest absolute Gasteiger partial charge is 0.506 e. The number of anilines is 1. The van der Waals surface area contributed by atoms with Gasteiger partial charge in [0, 0.05) is 6.54 Å². The third kappa shape index (κ3) is 4.70. The number of hydrogen-bond donors (Lipinski definition) is 3. The van der Waals surface area contributed by atoms with Gasteiger partial charge in [0.2, 0.25) is 0 Å². The molecule has 1 aliphatic rings. The minimum Gasteiger partial charge on any atom is -0.506 e. The highest BCUT2D eigenvalue weighted by molar-refractivity contribution is 5.76. The Balaban J connectivity index is 1.43. The molecule has 1 fully saturated rings. The van der Waals surface area contributed by atoms with E-state index in [1.54, 1.807) is 18.2 Å². The Kier molecular flexibility index (Phi) is 5.50. The van der Waals surface area contributed by atoms with Crippen LogP contribution >= 0.6 is 0 Å². The zero-order valence-corrected chi connectivity index (χ0v) is 14.0. The Labute approximate surface area is 146 Å². The summed E-state index contributed by atoms with van der Waals surface area (Å²) < 4.78 is 12.9. The highest BCUT2D eigenvalue weighted by atomic mass is 19.1. The van der Waals surface area contributed by atoms with E-state index in [4.69, 9.17) is 0 Å². The number of phenolic OH excluding ortho intramolecular Hbond substituents is 1. The molecular weight excluding hydrogens is 321 g/mol. The summed E-state index contributed by atoms with van der Waals surface area (Å²) in [5.41, 5.74) is 1.73. The van der Waals surface area contributed by atoms with Gasteiger partial charge in [-0.1, -0.05) is 24.3 Å². The number of benzene rings is 2. The Morgan fingerprint density at radius 3 is 2.48 bits per heavy atom. The first-order chi connectivity index (χ1) is 12.1. The monoisotopic (exact) mass is 344 g/mol. The van der Waals surface area contributed by atoms with Crippen LogP contribution in [-0.4, -0.2) is 43.7 Å². The van der Waals surface area contributed by atoms with E-state index in [2.05, 4.69) is 10.2 Å². The lowest BCUT2D eigenvalue weighted by Crippen LogP contribution is -3.15. The van der Waals surface area contributed by atoms with Crippen molar-refractivity contribution in [1.29, 1.82) is 0 Å². The number of phenols is 1. The Hall–Kier alpha value is -2.60. The molecule has 5 nitrogen and oxygen atoms in total. The van der Waals surface area contributed by atoms with Crippen molar-refractivity contribution >= 4 is 11.6 Å². The van der Waals surface area contributed by atoms with Crippen LogP contribution in [0.4, 0.5) is 10.1 Å². The van der Waals surface area contributed by atoms with E-state index in [9.17, 15) is 14.3 Å². The molecule has 2 aromatic carbocycles. The van der Waals surface area contributed by atoms with Crippen LogP contribution in [0.1, 0.15) is 5.56 Å². The predicted octanol–water partition coefficient (Wildman–Crippen LogP) is 0.553. The number of aromatic hydroxyl groups is 1. The average Bonchev–Trinajstić information content (AvgIpc) is 2.62. The number of hydrogen-bond acceptors (Lipinski definition) is 3. The van der Waals surface area contributed by atoms with Gasteiger partial charge in [0.15, 0.2) is 6.54 Å². The van der Waals surface area contributed by atoms with Crippen LogP contribution in [0.2, 0.25) is 0 Å². The highest BCUT2D eigenvalue weighted by Gasteiger charge is 2.23. The van der Waals surface area contributed by atoms with E-state index in [0.29, 0.717) is 18.8 Å². The summed E-state index contributed by atoms with van der Waals surface area (Å²) in [5, 5.41) is 12.8. The van der Waals surface area contributed by atoms with E-state index in [1.165, 1.54) is 17.0 Å². The Morgan fingerprint density at radius 2 is 1.80 bits per heavy atom. The molecule has 0 saturated carbocycles. The summed E-state index contributed by atoms with van der Waals surface area (Å²) in [6, 6.07) is 13.5. The van der Waals surface area contributed by atoms with Crippen LogP contribution in [0.3, 0.4) is 0 Å². The van der Waals surface area contributed by atoms with Crippen molar-refractivity contribution in [3.05, 3.63) is 59.9 Å². The molecule has 0 bridgehead atoms. The lowest BCUT2D eigenvalue weighted by molar-refractivity contribution is -0.892. The minimum absolute atomic E-state index is 0.00432. The van der Waals surface area contributed by atoms with Crippen molar-refractivity contribution in [2.24, 2.45) is 0 Å². The van der Waals surface area contributed by atoms with Crippen LogP contribution in [0, 0.1) is 5.82 Å². The maximum Gasteiger partial charge on any atom is 0.275 e. The second-order valence-electron chi connectivity index (χ2n) is 6.31. The van der Waals surface area contributed by atoms with Gasteiger partial charge in [0.25, 0.3) is 5.91 Å². The van der Waals surface area contributed by atoms with Gasteiger partial charge in [-0.2, -0.15) is 0 Å². The second kappa shape index (κ2) is 7.98. The number of nitrogens with zero attached hydrogens (tertiary/aromatic N) is 1. The van der Waals surface area contributed by atoms with Gasteiger partial charge in [-0.25, -0.2) is 4.39 Å². The fraction of sp³-hybridized carbons (Fsp3) is 0.316. The maximum atomic E-state index is 12.9. The van der Waals surface area contributed by atoms with Gasteiger partial charge in [-0.3, -0.25) is 4.79 Å². The van der Waals surface area contributed by atoms with Crippen molar-refractivity contribution in [2.45, 2.75) is 6.54 Å². The highest BCUT2D eigenvalue weighted by Crippen LogP contribution is 2.25. The van der Waals surface area contributed by atoms with E-state index in [1.807, 2.05) is 18.2 Å². The molecule has 0 aliphatic carbocycles. The van der Waals surface area contributed by atoms with Crippen molar-refractivity contribution < 1.29 is 19.2 Å². The summed E-state index contributed by atoms with van der Waals surface area (Å²) in [5.74, 6) is 0.0140. The summed E-state index contributed by atoms with van der Waals surface area (Å²) in [7, 11) is 0. The molecule has 3 N–H and O–H groups in total. The SMILES string of the molecule is O=C(C[NH+]1CCN(c2ccccc2O)CC1)NCc1ccc(F)cc1. The molecule has 1 amide bonds. The van der Waals surface area contributed by atoms with Crippen molar-refractivity contribution in [3.8, 4) is 5.75 Å². The summed E-state index contributed by atoms with van der Waals surface area (Å²) in [6.07, 6.45) is 0. The topological polar surface area (TPSA) is 57.0 Å². The molecule has 0 unspecified atom stereocenters. The van der Waals surface area contributed by atoms with Gasteiger partial charge in [0.05, 0.1) is 31.9 Å². The number of quaternary nitrogens is 1. The third-order valence-corrected chi connectivity index (χ3v) is 4.51. The number of carbonyl (C=O) groups excluding carboxylic acids is 1. The first kappa shape index (κ1) is 17.2. The molecule has 6 heteroatoms. The van der Waals surface area contributed by atoms with Gasteiger partial charge in [0.1, 0.15) is 11.6 Å². The molecule has 1 heterocycles. The van der Waals surface area contributed by atoms with Gasteiger partial charge < -0.3 is 20.2 Å². The molecule has 0 atom stereocenters. The van der Waals surface area contributed by atoms with E-state index in [-0.39, 0.29) is 11.7 Å². The summed E-state index contributed by atoms with van der Waals surface area (Å²) >= 11 is 0. The van der Waals surface area contributed by atoms with Crippen LogP contribution < -0.4 is 15.1 Å².